The van der Waals surface area contributed by atoms with Crippen LogP contribution in [0.4, 0.5) is 0 Å². The second-order valence-electron chi connectivity index (χ2n) is 5.36. The minimum absolute atomic E-state index is 0.514. The van der Waals surface area contributed by atoms with Crippen molar-refractivity contribution in [1.82, 2.24) is 15.5 Å². The lowest BCUT2D eigenvalue weighted by Gasteiger charge is -2.05. The minimum Gasteiger partial charge on any atom is -0.493 e. The number of rotatable bonds is 8. The second-order valence-corrected chi connectivity index (χ2v) is 6.51. The van der Waals surface area contributed by atoms with Crippen LogP contribution in [-0.2, 0) is 12.8 Å². The Hall–Kier alpha value is -1.46. The summed E-state index contributed by atoms with van der Waals surface area (Å²) in [7, 11) is 0. The van der Waals surface area contributed by atoms with Gasteiger partial charge in [0.1, 0.15) is 15.8 Å². The van der Waals surface area contributed by atoms with E-state index >= 15 is 0 Å². The first-order chi connectivity index (χ1) is 10.1. The standard InChI is InChI=1S/C16H23N3OS/c1-12(2)17-9-7-15-18-19-16(21-15)8-10-20-14-6-4-5-13(3)11-14/h4-6,11-12,17H,7-10H2,1-3H3. The van der Waals surface area contributed by atoms with Crippen LogP contribution in [0.15, 0.2) is 24.3 Å². The van der Waals surface area contributed by atoms with Crippen LogP contribution in [-0.4, -0.2) is 29.4 Å². The number of nitrogens with zero attached hydrogens (tertiary/aromatic N) is 2. The van der Waals surface area contributed by atoms with E-state index in [0.29, 0.717) is 12.6 Å². The van der Waals surface area contributed by atoms with E-state index in [1.807, 2.05) is 18.2 Å². The summed E-state index contributed by atoms with van der Waals surface area (Å²) in [5.41, 5.74) is 1.21. The Morgan fingerprint density at radius 3 is 2.67 bits per heavy atom. The van der Waals surface area contributed by atoms with Crippen LogP contribution in [0, 0.1) is 6.92 Å². The van der Waals surface area contributed by atoms with Crippen molar-refractivity contribution in [2.24, 2.45) is 0 Å². The molecule has 1 heterocycles. The summed E-state index contributed by atoms with van der Waals surface area (Å²) < 4.78 is 5.74. The molecule has 0 unspecified atom stereocenters. The molecule has 0 aliphatic rings. The van der Waals surface area contributed by atoms with Gasteiger partial charge in [-0.2, -0.15) is 0 Å². The van der Waals surface area contributed by atoms with Crippen LogP contribution in [0.25, 0.3) is 0 Å². The molecule has 0 atom stereocenters. The van der Waals surface area contributed by atoms with E-state index in [1.54, 1.807) is 11.3 Å². The maximum Gasteiger partial charge on any atom is 0.120 e. The topological polar surface area (TPSA) is 47.0 Å². The first-order valence-corrected chi connectivity index (χ1v) is 8.19. The van der Waals surface area contributed by atoms with Gasteiger partial charge >= 0.3 is 0 Å². The minimum atomic E-state index is 0.514. The molecular weight excluding hydrogens is 282 g/mol. The Labute approximate surface area is 130 Å². The SMILES string of the molecule is Cc1cccc(OCCc2nnc(CCNC(C)C)s2)c1. The monoisotopic (exact) mass is 305 g/mol. The zero-order valence-corrected chi connectivity index (χ0v) is 13.7. The number of hydrogen-bond donors (Lipinski definition) is 1. The molecule has 2 rings (SSSR count). The molecule has 2 aromatic rings. The van der Waals surface area contributed by atoms with Gasteiger partial charge < -0.3 is 10.1 Å². The lowest BCUT2D eigenvalue weighted by Crippen LogP contribution is -2.24. The molecule has 0 fully saturated rings. The van der Waals surface area contributed by atoms with Gasteiger partial charge in [-0.05, 0) is 24.6 Å². The van der Waals surface area contributed by atoms with E-state index in [4.69, 9.17) is 4.74 Å². The van der Waals surface area contributed by atoms with E-state index in [2.05, 4.69) is 42.4 Å². The molecule has 0 spiro atoms. The zero-order valence-electron chi connectivity index (χ0n) is 12.9. The van der Waals surface area contributed by atoms with Crippen molar-refractivity contribution in [2.75, 3.05) is 13.2 Å². The molecule has 0 saturated carbocycles. The van der Waals surface area contributed by atoms with E-state index < -0.39 is 0 Å². The molecule has 0 amide bonds. The van der Waals surface area contributed by atoms with Gasteiger partial charge in [0.15, 0.2) is 0 Å². The molecule has 0 radical (unpaired) electrons. The molecule has 0 saturated heterocycles. The van der Waals surface area contributed by atoms with Gasteiger partial charge in [0.2, 0.25) is 0 Å². The fourth-order valence-electron chi connectivity index (χ4n) is 1.92. The Kier molecular flexibility index (Phi) is 6.14. The molecule has 21 heavy (non-hydrogen) atoms. The van der Waals surface area contributed by atoms with Gasteiger partial charge in [-0.3, -0.25) is 0 Å². The Bertz CT molecular complexity index is 554. The van der Waals surface area contributed by atoms with Crippen molar-refractivity contribution in [3.05, 3.63) is 39.8 Å². The highest BCUT2D eigenvalue weighted by Gasteiger charge is 2.05. The Balaban J connectivity index is 1.72. The predicted octanol–water partition coefficient (Wildman–Crippen LogP) is 3.01. The second kappa shape index (κ2) is 8.10. The fourth-order valence-corrected chi connectivity index (χ4v) is 2.74. The van der Waals surface area contributed by atoms with Crippen molar-refractivity contribution in [1.29, 1.82) is 0 Å². The molecule has 0 aliphatic heterocycles. The Morgan fingerprint density at radius 2 is 1.95 bits per heavy atom. The summed E-state index contributed by atoms with van der Waals surface area (Å²) in [6, 6.07) is 8.61. The normalized spacial score (nSPS) is 11.0. The van der Waals surface area contributed by atoms with Gasteiger partial charge in [-0.1, -0.05) is 26.0 Å². The number of nitrogens with one attached hydrogen (secondary N) is 1. The van der Waals surface area contributed by atoms with Gasteiger partial charge in [-0.25, -0.2) is 0 Å². The van der Waals surface area contributed by atoms with Crippen LogP contribution in [0.1, 0.15) is 29.4 Å². The van der Waals surface area contributed by atoms with E-state index in [9.17, 15) is 0 Å². The predicted molar refractivity (Wildman–Crippen MR) is 87.1 cm³/mol. The average Bonchev–Trinajstić information content (AvgIpc) is 2.86. The molecule has 0 bridgehead atoms. The van der Waals surface area contributed by atoms with E-state index in [0.717, 1.165) is 35.2 Å². The van der Waals surface area contributed by atoms with Crippen molar-refractivity contribution >= 4 is 11.3 Å². The van der Waals surface area contributed by atoms with Crippen LogP contribution < -0.4 is 10.1 Å². The highest BCUT2D eigenvalue weighted by molar-refractivity contribution is 7.11. The van der Waals surface area contributed by atoms with Crippen LogP contribution in [0.3, 0.4) is 0 Å². The number of aryl methyl sites for hydroxylation is 1. The quantitative estimate of drug-likeness (QED) is 0.814. The highest BCUT2D eigenvalue weighted by Crippen LogP contribution is 2.14. The van der Waals surface area contributed by atoms with Crippen molar-refractivity contribution < 1.29 is 4.74 Å². The maximum absolute atomic E-state index is 5.74. The van der Waals surface area contributed by atoms with Gasteiger partial charge in [0, 0.05) is 25.4 Å². The summed E-state index contributed by atoms with van der Waals surface area (Å²) >= 11 is 1.68. The van der Waals surface area contributed by atoms with Gasteiger partial charge in [-0.15, -0.1) is 21.5 Å². The van der Waals surface area contributed by atoms with Crippen LogP contribution in [0.2, 0.25) is 0 Å². The van der Waals surface area contributed by atoms with E-state index in [-0.39, 0.29) is 0 Å². The summed E-state index contributed by atoms with van der Waals surface area (Å²) in [5.74, 6) is 0.917. The van der Waals surface area contributed by atoms with Crippen molar-refractivity contribution in [2.45, 2.75) is 39.7 Å². The summed E-state index contributed by atoms with van der Waals surface area (Å²) in [6.45, 7) is 7.95. The largest absolute Gasteiger partial charge is 0.493 e. The molecule has 1 aromatic carbocycles. The number of aromatic nitrogens is 2. The number of benzene rings is 1. The fraction of sp³-hybridized carbons (Fsp3) is 0.500. The van der Waals surface area contributed by atoms with Gasteiger partial charge in [0.25, 0.3) is 0 Å². The van der Waals surface area contributed by atoms with Crippen LogP contribution in [0.5, 0.6) is 5.75 Å². The smallest absolute Gasteiger partial charge is 0.120 e. The van der Waals surface area contributed by atoms with Crippen molar-refractivity contribution in [3.63, 3.8) is 0 Å². The molecule has 1 N–H and O–H groups in total. The third-order valence-corrected chi connectivity index (χ3v) is 4.02. The summed E-state index contributed by atoms with van der Waals surface area (Å²) in [5, 5.41) is 14.0. The number of hydrogen-bond acceptors (Lipinski definition) is 5. The first kappa shape index (κ1) is 15.9. The Morgan fingerprint density at radius 1 is 1.19 bits per heavy atom. The molecular formula is C16H23N3OS. The molecule has 114 valence electrons. The van der Waals surface area contributed by atoms with Gasteiger partial charge in [0.05, 0.1) is 6.61 Å². The van der Waals surface area contributed by atoms with Crippen molar-refractivity contribution in [3.8, 4) is 5.75 Å². The first-order valence-electron chi connectivity index (χ1n) is 7.37. The molecule has 5 heteroatoms. The highest BCUT2D eigenvalue weighted by atomic mass is 32.1. The number of ether oxygens (including phenoxy) is 1. The lowest BCUT2D eigenvalue weighted by atomic mass is 10.2. The summed E-state index contributed by atoms with van der Waals surface area (Å²) in [4.78, 5) is 0. The molecule has 1 aromatic heterocycles. The third kappa shape index (κ3) is 5.81. The molecule has 0 aliphatic carbocycles. The lowest BCUT2D eigenvalue weighted by molar-refractivity contribution is 0.321. The van der Waals surface area contributed by atoms with E-state index in [1.165, 1.54) is 5.56 Å². The summed E-state index contributed by atoms with van der Waals surface area (Å²) in [6.07, 6.45) is 1.75. The molecule has 4 nitrogen and oxygen atoms in total. The third-order valence-electron chi connectivity index (χ3n) is 2.97. The van der Waals surface area contributed by atoms with Crippen LogP contribution >= 0.6 is 11.3 Å². The average molecular weight is 305 g/mol. The zero-order chi connectivity index (χ0) is 15.1. The maximum atomic E-state index is 5.74.